The predicted octanol–water partition coefficient (Wildman–Crippen LogP) is 3.53. The van der Waals surface area contributed by atoms with Gasteiger partial charge in [-0.25, -0.2) is 4.79 Å². The number of carbonyl (C=O) groups is 2. The first kappa shape index (κ1) is 18.0. The molecule has 5 nitrogen and oxygen atoms in total. The van der Waals surface area contributed by atoms with Gasteiger partial charge >= 0.3 is 5.97 Å². The van der Waals surface area contributed by atoms with Gasteiger partial charge in [0.1, 0.15) is 0 Å². The third-order valence-electron chi connectivity index (χ3n) is 3.50. The van der Waals surface area contributed by atoms with Gasteiger partial charge < -0.3 is 15.4 Å². The summed E-state index contributed by atoms with van der Waals surface area (Å²) in [5.74, 6) is -0.882. The molecule has 2 N–H and O–H groups in total. The van der Waals surface area contributed by atoms with Gasteiger partial charge in [0.25, 0.3) is 5.91 Å². The Morgan fingerprint density at radius 1 is 1.12 bits per heavy atom. The fourth-order valence-corrected chi connectivity index (χ4v) is 2.47. The number of amides is 1. The molecule has 0 saturated heterocycles. The Morgan fingerprint density at radius 2 is 1.79 bits per heavy atom. The number of ether oxygens (including phenoxy) is 1. The van der Waals surface area contributed by atoms with Crippen molar-refractivity contribution in [3.05, 3.63) is 64.1 Å². The van der Waals surface area contributed by atoms with E-state index in [0.29, 0.717) is 11.3 Å². The van der Waals surface area contributed by atoms with Gasteiger partial charge in [0, 0.05) is 17.2 Å². The van der Waals surface area contributed by atoms with Gasteiger partial charge in [-0.2, -0.15) is 0 Å². The Hall–Kier alpha value is -2.34. The SMILES string of the molecule is CNc1ccccc1C(=O)OCC(=O)N[C@H](C)c1ccc(Br)cc1. The van der Waals surface area contributed by atoms with Crippen molar-refractivity contribution in [1.29, 1.82) is 0 Å². The molecule has 126 valence electrons. The average Bonchev–Trinajstić information content (AvgIpc) is 2.60. The first-order valence-electron chi connectivity index (χ1n) is 7.50. The lowest BCUT2D eigenvalue weighted by Crippen LogP contribution is -2.31. The number of esters is 1. The van der Waals surface area contributed by atoms with Crippen LogP contribution in [0.25, 0.3) is 0 Å². The molecule has 0 bridgehead atoms. The lowest BCUT2D eigenvalue weighted by molar-refractivity contribution is -0.124. The molecule has 0 aliphatic heterocycles. The molecule has 24 heavy (non-hydrogen) atoms. The predicted molar refractivity (Wildman–Crippen MR) is 97.0 cm³/mol. The van der Waals surface area contributed by atoms with E-state index in [2.05, 4.69) is 26.6 Å². The first-order chi connectivity index (χ1) is 11.5. The minimum absolute atomic E-state index is 0.172. The van der Waals surface area contributed by atoms with Crippen LogP contribution in [-0.2, 0) is 9.53 Å². The molecule has 2 rings (SSSR count). The quantitative estimate of drug-likeness (QED) is 0.740. The minimum atomic E-state index is -0.536. The number of carbonyl (C=O) groups excluding carboxylic acids is 2. The van der Waals surface area contributed by atoms with E-state index in [1.54, 1.807) is 25.2 Å². The van der Waals surface area contributed by atoms with Crippen molar-refractivity contribution >= 4 is 33.5 Å². The summed E-state index contributed by atoms with van der Waals surface area (Å²) in [7, 11) is 1.72. The second-order valence-electron chi connectivity index (χ2n) is 5.21. The smallest absolute Gasteiger partial charge is 0.340 e. The molecule has 0 aromatic heterocycles. The molecule has 0 fully saturated rings. The van der Waals surface area contributed by atoms with Crippen LogP contribution in [0.3, 0.4) is 0 Å². The third kappa shape index (κ3) is 4.83. The van der Waals surface area contributed by atoms with Crippen molar-refractivity contribution < 1.29 is 14.3 Å². The second-order valence-corrected chi connectivity index (χ2v) is 6.13. The number of para-hydroxylation sites is 1. The molecule has 2 aromatic carbocycles. The summed E-state index contributed by atoms with van der Waals surface area (Å²) in [4.78, 5) is 24.0. The number of anilines is 1. The summed E-state index contributed by atoms with van der Waals surface area (Å²) in [5, 5.41) is 5.72. The molecule has 0 radical (unpaired) electrons. The fraction of sp³-hybridized carbons (Fsp3) is 0.222. The largest absolute Gasteiger partial charge is 0.452 e. The van der Waals surface area contributed by atoms with Gasteiger partial charge in [0.05, 0.1) is 11.6 Å². The highest BCUT2D eigenvalue weighted by atomic mass is 79.9. The zero-order chi connectivity index (χ0) is 17.5. The highest BCUT2D eigenvalue weighted by molar-refractivity contribution is 9.10. The van der Waals surface area contributed by atoms with Crippen molar-refractivity contribution in [3.8, 4) is 0 Å². The monoisotopic (exact) mass is 390 g/mol. The Balaban J connectivity index is 1.88. The van der Waals surface area contributed by atoms with E-state index in [4.69, 9.17) is 4.74 Å². The van der Waals surface area contributed by atoms with Crippen LogP contribution < -0.4 is 10.6 Å². The van der Waals surface area contributed by atoms with E-state index in [1.807, 2.05) is 37.3 Å². The van der Waals surface area contributed by atoms with Gasteiger partial charge in [0.15, 0.2) is 6.61 Å². The maximum absolute atomic E-state index is 12.1. The Bertz CT molecular complexity index is 716. The molecule has 0 aliphatic carbocycles. The number of halogens is 1. The number of hydrogen-bond donors (Lipinski definition) is 2. The third-order valence-corrected chi connectivity index (χ3v) is 4.03. The van der Waals surface area contributed by atoms with Crippen LogP contribution in [0.2, 0.25) is 0 Å². The number of benzene rings is 2. The van der Waals surface area contributed by atoms with Crippen LogP contribution in [0.5, 0.6) is 0 Å². The Kier molecular flexibility index (Phi) is 6.37. The highest BCUT2D eigenvalue weighted by Gasteiger charge is 2.15. The van der Waals surface area contributed by atoms with E-state index in [9.17, 15) is 9.59 Å². The van der Waals surface area contributed by atoms with E-state index >= 15 is 0 Å². The van der Waals surface area contributed by atoms with Crippen molar-refractivity contribution in [2.24, 2.45) is 0 Å². The zero-order valence-electron chi connectivity index (χ0n) is 13.5. The number of hydrogen-bond acceptors (Lipinski definition) is 4. The maximum Gasteiger partial charge on any atom is 0.340 e. The fourth-order valence-electron chi connectivity index (χ4n) is 2.21. The van der Waals surface area contributed by atoms with Crippen LogP contribution in [0.4, 0.5) is 5.69 Å². The van der Waals surface area contributed by atoms with Crippen LogP contribution in [0, 0.1) is 0 Å². The van der Waals surface area contributed by atoms with Gasteiger partial charge in [-0.1, -0.05) is 40.2 Å². The summed E-state index contributed by atoms with van der Waals surface area (Å²) in [6.45, 7) is 1.55. The zero-order valence-corrected chi connectivity index (χ0v) is 15.1. The molecule has 0 unspecified atom stereocenters. The van der Waals surface area contributed by atoms with E-state index in [0.717, 1.165) is 10.0 Å². The lowest BCUT2D eigenvalue weighted by atomic mass is 10.1. The molecule has 0 heterocycles. The summed E-state index contributed by atoms with van der Waals surface area (Å²) >= 11 is 3.37. The second kappa shape index (κ2) is 8.49. The highest BCUT2D eigenvalue weighted by Crippen LogP contribution is 2.17. The van der Waals surface area contributed by atoms with Crippen molar-refractivity contribution in [2.45, 2.75) is 13.0 Å². The molecule has 0 saturated carbocycles. The molecule has 1 amide bonds. The summed E-state index contributed by atoms with van der Waals surface area (Å²) in [5.41, 5.74) is 2.03. The average molecular weight is 391 g/mol. The van der Waals surface area contributed by atoms with Crippen molar-refractivity contribution in [1.82, 2.24) is 5.32 Å². The Morgan fingerprint density at radius 3 is 2.46 bits per heavy atom. The van der Waals surface area contributed by atoms with Crippen LogP contribution in [0.1, 0.15) is 28.9 Å². The molecule has 0 spiro atoms. The lowest BCUT2D eigenvalue weighted by Gasteiger charge is -2.15. The van der Waals surface area contributed by atoms with Gasteiger partial charge in [-0.05, 0) is 36.8 Å². The number of nitrogens with one attached hydrogen (secondary N) is 2. The minimum Gasteiger partial charge on any atom is -0.452 e. The molecule has 1 atom stereocenters. The van der Waals surface area contributed by atoms with Crippen molar-refractivity contribution in [2.75, 3.05) is 19.0 Å². The van der Waals surface area contributed by atoms with E-state index < -0.39 is 5.97 Å². The van der Waals surface area contributed by atoms with Crippen LogP contribution in [-0.4, -0.2) is 25.5 Å². The molecule has 2 aromatic rings. The summed E-state index contributed by atoms with van der Waals surface area (Å²) in [6.07, 6.45) is 0. The molecular formula is C18H19BrN2O3. The van der Waals surface area contributed by atoms with Crippen LogP contribution in [0.15, 0.2) is 53.0 Å². The first-order valence-corrected chi connectivity index (χ1v) is 8.29. The van der Waals surface area contributed by atoms with Gasteiger partial charge in [0.2, 0.25) is 0 Å². The standard InChI is InChI=1S/C18H19BrN2O3/c1-12(13-7-9-14(19)10-8-13)21-17(22)11-24-18(23)15-5-3-4-6-16(15)20-2/h3-10,12,20H,11H2,1-2H3,(H,21,22)/t12-/m1/s1. The number of rotatable bonds is 6. The normalized spacial score (nSPS) is 11.5. The van der Waals surface area contributed by atoms with Crippen molar-refractivity contribution in [3.63, 3.8) is 0 Å². The topological polar surface area (TPSA) is 67.4 Å². The van der Waals surface area contributed by atoms with Gasteiger partial charge in [-0.15, -0.1) is 0 Å². The van der Waals surface area contributed by atoms with E-state index in [1.165, 1.54) is 0 Å². The molecule has 0 aliphatic rings. The summed E-state index contributed by atoms with van der Waals surface area (Å²) < 4.78 is 6.06. The summed E-state index contributed by atoms with van der Waals surface area (Å²) in [6, 6.07) is 14.5. The Labute approximate surface area is 149 Å². The molecule has 6 heteroatoms. The van der Waals surface area contributed by atoms with E-state index in [-0.39, 0.29) is 18.6 Å². The van der Waals surface area contributed by atoms with Crippen LogP contribution >= 0.6 is 15.9 Å². The van der Waals surface area contributed by atoms with Gasteiger partial charge in [-0.3, -0.25) is 4.79 Å². The maximum atomic E-state index is 12.1. The molecular weight excluding hydrogens is 372 g/mol.